The zero-order valence-electron chi connectivity index (χ0n) is 26.2. The van der Waals surface area contributed by atoms with Crippen molar-refractivity contribution < 1.29 is 42.4 Å². The van der Waals surface area contributed by atoms with E-state index in [4.69, 9.17) is 24.2 Å². The summed E-state index contributed by atoms with van der Waals surface area (Å²) in [4.78, 5) is 14.0. The zero-order chi connectivity index (χ0) is 32.9. The van der Waals surface area contributed by atoms with Gasteiger partial charge in [0.2, 0.25) is 10.0 Å². The van der Waals surface area contributed by atoms with E-state index in [1.54, 1.807) is 6.07 Å². The average molecular weight is 657 g/mol. The molecule has 1 N–H and O–H groups in total. The molecule has 3 heterocycles. The second-order valence-corrected chi connectivity index (χ2v) is 14.8. The summed E-state index contributed by atoms with van der Waals surface area (Å²) in [6, 6.07) is 14.0. The quantitative estimate of drug-likeness (QED) is 0.299. The summed E-state index contributed by atoms with van der Waals surface area (Å²) < 4.78 is 52.5. The van der Waals surface area contributed by atoms with Gasteiger partial charge in [0.25, 0.3) is 0 Å². The van der Waals surface area contributed by atoms with Crippen molar-refractivity contribution in [2.24, 2.45) is 11.3 Å². The number of hydrogen-bond donors (Lipinski definition) is 1. The molecule has 0 aliphatic carbocycles. The van der Waals surface area contributed by atoms with Crippen molar-refractivity contribution in [1.82, 2.24) is 9.21 Å². The van der Waals surface area contributed by atoms with Crippen LogP contribution in [0.1, 0.15) is 45.1 Å². The van der Waals surface area contributed by atoms with Crippen LogP contribution >= 0.6 is 0 Å². The number of nitrogens with zero attached hydrogens (tertiary/aromatic N) is 3. The lowest BCUT2D eigenvalue weighted by atomic mass is 9.87. The van der Waals surface area contributed by atoms with E-state index < -0.39 is 52.6 Å². The van der Waals surface area contributed by atoms with E-state index in [-0.39, 0.29) is 37.0 Å². The number of hydrogen-bond acceptors (Lipinski definition) is 10. The van der Waals surface area contributed by atoms with Crippen LogP contribution in [-0.2, 0) is 25.9 Å². The number of benzene rings is 2. The summed E-state index contributed by atoms with van der Waals surface area (Å²) in [5.74, 6) is 0.509. The van der Waals surface area contributed by atoms with Gasteiger partial charge in [0.15, 0.2) is 17.8 Å². The van der Waals surface area contributed by atoms with Gasteiger partial charge in [-0.3, -0.25) is 0 Å². The lowest BCUT2D eigenvalue weighted by molar-refractivity contribution is -0.273. The highest BCUT2D eigenvalue weighted by molar-refractivity contribution is 7.89. The standard InChI is InChI=1S/C33H43N3O9S/c1-33(2,13-6-7-14-34)22-35(46(40,41)24-10-11-29-30(19-24)43-17-16-42-29)20-28(37)26(18-23-8-4-3-5-9-23)36(32(38)39)27-21-45-31-25(27)12-15-44-31/h3-5,8-11,19,25-28,31,37H,6-7,12-13,15-18,20-22H2,1-2H3,(H,38,39)/p-1/t25-,26-,27-,28+,31+/m0/s1. The van der Waals surface area contributed by atoms with Crippen molar-refractivity contribution in [2.45, 2.75) is 75.3 Å². The fraction of sp³-hybridized carbons (Fsp3) is 0.576. The maximum atomic E-state index is 14.3. The summed E-state index contributed by atoms with van der Waals surface area (Å²) in [7, 11) is -4.23. The Kier molecular flexibility index (Phi) is 10.7. The van der Waals surface area contributed by atoms with Crippen LogP contribution in [0.3, 0.4) is 0 Å². The van der Waals surface area contributed by atoms with Crippen molar-refractivity contribution >= 4 is 16.1 Å². The minimum atomic E-state index is -4.23. The maximum Gasteiger partial charge on any atom is 0.243 e. The average Bonchev–Trinajstić information content (AvgIpc) is 3.65. The van der Waals surface area contributed by atoms with E-state index in [0.717, 1.165) is 10.5 Å². The molecule has 0 radical (unpaired) electrons. The van der Waals surface area contributed by atoms with Crippen LogP contribution in [0.4, 0.5) is 4.79 Å². The van der Waals surface area contributed by atoms with Crippen molar-refractivity contribution in [3.63, 3.8) is 0 Å². The molecule has 3 aliphatic rings. The molecule has 46 heavy (non-hydrogen) atoms. The van der Waals surface area contributed by atoms with Crippen molar-refractivity contribution in [1.29, 1.82) is 5.26 Å². The highest BCUT2D eigenvalue weighted by Gasteiger charge is 2.47. The molecule has 5 atom stereocenters. The summed E-state index contributed by atoms with van der Waals surface area (Å²) in [5.41, 5.74) is 0.197. The molecule has 12 nitrogen and oxygen atoms in total. The zero-order valence-corrected chi connectivity index (χ0v) is 27.1. The van der Waals surface area contributed by atoms with Gasteiger partial charge in [-0.05, 0) is 48.8 Å². The summed E-state index contributed by atoms with van der Waals surface area (Å²) in [6.45, 7) is 4.59. The molecule has 2 aromatic rings. The van der Waals surface area contributed by atoms with Crippen LogP contribution in [0.2, 0.25) is 0 Å². The number of rotatable bonds is 14. The number of carbonyl (C=O) groups excluding carboxylic acids is 1. The van der Waals surface area contributed by atoms with Gasteiger partial charge in [0.1, 0.15) is 19.3 Å². The number of unbranched alkanes of at least 4 members (excludes halogenated alkanes) is 1. The Morgan fingerprint density at radius 3 is 2.57 bits per heavy atom. The Bertz CT molecular complexity index is 1500. The fourth-order valence-electron chi connectivity index (χ4n) is 6.63. The van der Waals surface area contributed by atoms with Crippen LogP contribution in [-0.4, -0.2) is 92.8 Å². The van der Waals surface area contributed by atoms with Crippen LogP contribution in [0.5, 0.6) is 11.5 Å². The number of nitriles is 1. The molecular weight excluding hydrogens is 614 g/mol. The maximum absolute atomic E-state index is 14.3. The first-order valence-electron chi connectivity index (χ1n) is 15.7. The molecule has 2 saturated heterocycles. The van der Waals surface area contributed by atoms with Gasteiger partial charge in [-0.15, -0.1) is 0 Å². The smallest absolute Gasteiger partial charge is 0.243 e. The van der Waals surface area contributed by atoms with E-state index in [0.29, 0.717) is 50.4 Å². The number of sulfonamides is 1. The van der Waals surface area contributed by atoms with Gasteiger partial charge >= 0.3 is 0 Å². The molecule has 1 amide bonds. The van der Waals surface area contributed by atoms with Crippen molar-refractivity contribution in [3.05, 3.63) is 54.1 Å². The fourth-order valence-corrected chi connectivity index (χ4v) is 8.30. The molecule has 0 spiro atoms. The van der Waals surface area contributed by atoms with E-state index >= 15 is 0 Å². The van der Waals surface area contributed by atoms with Gasteiger partial charge in [-0.1, -0.05) is 44.2 Å². The van der Waals surface area contributed by atoms with Crippen LogP contribution in [0, 0.1) is 22.7 Å². The largest absolute Gasteiger partial charge is 0.530 e. The van der Waals surface area contributed by atoms with Gasteiger partial charge < -0.3 is 38.9 Å². The molecule has 250 valence electrons. The molecule has 0 saturated carbocycles. The summed E-state index contributed by atoms with van der Waals surface area (Å²) >= 11 is 0. The molecule has 2 fully saturated rings. The van der Waals surface area contributed by atoms with Crippen molar-refractivity contribution in [2.75, 3.05) is 39.5 Å². The molecule has 5 rings (SSSR count). The van der Waals surface area contributed by atoms with Crippen LogP contribution < -0.4 is 14.6 Å². The predicted octanol–water partition coefficient (Wildman–Crippen LogP) is 2.55. The van der Waals surface area contributed by atoms with Gasteiger partial charge in [0, 0.05) is 31.5 Å². The van der Waals surface area contributed by atoms with E-state index in [9.17, 15) is 23.4 Å². The highest BCUT2D eigenvalue weighted by Crippen LogP contribution is 2.37. The highest BCUT2D eigenvalue weighted by atomic mass is 32.2. The minimum Gasteiger partial charge on any atom is -0.530 e. The number of carboxylic acid groups (broad SMARTS) is 1. The van der Waals surface area contributed by atoms with E-state index in [2.05, 4.69) is 6.07 Å². The molecule has 2 aromatic carbocycles. The predicted molar refractivity (Wildman–Crippen MR) is 164 cm³/mol. The Hall–Kier alpha value is -3.41. The summed E-state index contributed by atoms with van der Waals surface area (Å²) in [5, 5.41) is 33.9. The van der Waals surface area contributed by atoms with Gasteiger partial charge in [0.05, 0.1) is 42.4 Å². The number of aliphatic hydroxyl groups excluding tert-OH is 1. The minimum absolute atomic E-state index is 0.0146. The Labute approximate surface area is 270 Å². The van der Waals surface area contributed by atoms with Crippen molar-refractivity contribution in [3.8, 4) is 17.6 Å². The third kappa shape index (κ3) is 7.75. The third-order valence-corrected chi connectivity index (χ3v) is 10.8. The second kappa shape index (κ2) is 14.6. The molecule has 0 bridgehead atoms. The molecule has 13 heteroatoms. The van der Waals surface area contributed by atoms with E-state index in [1.807, 2.05) is 44.2 Å². The number of fused-ring (bicyclic) bond motifs is 2. The Morgan fingerprint density at radius 1 is 1.11 bits per heavy atom. The number of aliphatic hydroxyl groups is 1. The van der Waals surface area contributed by atoms with Gasteiger partial charge in [-0.25, -0.2) is 8.42 Å². The Balaban J connectivity index is 1.49. The lowest BCUT2D eigenvalue weighted by Crippen LogP contribution is -2.61. The third-order valence-electron chi connectivity index (χ3n) is 8.95. The lowest BCUT2D eigenvalue weighted by Gasteiger charge is -2.43. The normalized spacial score (nSPS) is 22.2. The molecule has 3 aliphatic heterocycles. The first kappa shape index (κ1) is 33.9. The monoisotopic (exact) mass is 656 g/mol. The molecule has 0 aromatic heterocycles. The first-order valence-corrected chi connectivity index (χ1v) is 17.2. The SMILES string of the molecule is CC(C)(CCCC#N)CN(C[C@@H](O)[C@H](Cc1ccccc1)N(C(=O)[O-])[C@H]1CO[C@H]2OCC[C@H]21)S(=O)(=O)c1ccc2c(c1)OCCO2. The molecular formula is C33H42N3O9S-. The van der Waals surface area contributed by atoms with Crippen LogP contribution in [0.25, 0.3) is 0 Å². The van der Waals surface area contributed by atoms with Crippen LogP contribution in [0.15, 0.2) is 53.4 Å². The second-order valence-electron chi connectivity index (χ2n) is 12.9. The molecule has 0 unspecified atom stereocenters. The Morgan fingerprint density at radius 2 is 1.85 bits per heavy atom. The number of amides is 1. The van der Waals surface area contributed by atoms with Gasteiger partial charge in [-0.2, -0.15) is 9.57 Å². The number of carbonyl (C=O) groups is 1. The number of ether oxygens (including phenoxy) is 4. The first-order chi connectivity index (χ1) is 22.0. The summed E-state index contributed by atoms with van der Waals surface area (Å²) in [6.07, 6.45) is -1.28. The topological polar surface area (TPSA) is 162 Å². The van der Waals surface area contributed by atoms with E-state index in [1.165, 1.54) is 16.4 Å².